The molecule has 3 atom stereocenters. The molecule has 0 aromatic rings. The molecule has 9 nitrogen and oxygen atoms in total. The quantitative estimate of drug-likeness (QED) is 0.453. The molecular formula is C14H22N2O7. The van der Waals surface area contributed by atoms with Crippen LogP contribution in [0.3, 0.4) is 0 Å². The molecule has 0 aromatic carbocycles. The van der Waals surface area contributed by atoms with E-state index in [0.717, 1.165) is 12.8 Å². The minimum Gasteiger partial charge on any atom is -0.481 e. The molecule has 1 aliphatic heterocycles. The van der Waals surface area contributed by atoms with E-state index in [2.05, 4.69) is 0 Å². The van der Waals surface area contributed by atoms with Gasteiger partial charge in [0.15, 0.2) is 5.60 Å². The lowest BCUT2D eigenvalue weighted by Gasteiger charge is -2.40. The normalized spacial score (nSPS) is 21.1. The van der Waals surface area contributed by atoms with Gasteiger partial charge in [0.05, 0.1) is 6.42 Å². The van der Waals surface area contributed by atoms with Crippen LogP contribution in [0.2, 0.25) is 0 Å². The number of rotatable bonds is 9. The van der Waals surface area contributed by atoms with Crippen LogP contribution in [0.1, 0.15) is 26.2 Å². The maximum atomic E-state index is 11.7. The number of hydrogen-bond acceptors (Lipinski definition) is 6. The lowest BCUT2D eigenvalue weighted by molar-refractivity contribution is -0.186. The van der Waals surface area contributed by atoms with Crippen molar-refractivity contribution in [3.8, 4) is 0 Å². The maximum absolute atomic E-state index is 11.7. The fraction of sp³-hybridized carbons (Fsp3) is 0.643. The third-order valence-corrected chi connectivity index (χ3v) is 3.89. The summed E-state index contributed by atoms with van der Waals surface area (Å²) in [4.78, 5) is 37.1. The van der Waals surface area contributed by atoms with E-state index in [1.807, 2.05) is 6.92 Å². The Morgan fingerprint density at radius 1 is 1.22 bits per heavy atom. The van der Waals surface area contributed by atoms with Gasteiger partial charge in [0.25, 0.3) is 0 Å². The molecule has 0 radical (unpaired) electrons. The fourth-order valence-corrected chi connectivity index (χ4v) is 2.70. The summed E-state index contributed by atoms with van der Waals surface area (Å²) in [6.45, 7) is 2.42. The molecule has 0 fully saturated rings. The monoisotopic (exact) mass is 330 g/mol. The number of nitrogens with zero attached hydrogens (tertiary/aromatic N) is 2. The smallest absolute Gasteiger partial charge is 0.337 e. The molecule has 0 aromatic heterocycles. The first-order chi connectivity index (χ1) is 10.6. The summed E-state index contributed by atoms with van der Waals surface area (Å²) in [5, 5.41) is 38.0. The Hall–Kier alpha value is -2.29. The van der Waals surface area contributed by atoms with Gasteiger partial charge in [-0.15, -0.1) is 0 Å². The molecule has 23 heavy (non-hydrogen) atoms. The van der Waals surface area contributed by atoms with Crippen molar-refractivity contribution < 1.29 is 34.8 Å². The topological polar surface area (TPSA) is 139 Å². The Morgan fingerprint density at radius 3 is 2.26 bits per heavy atom. The summed E-state index contributed by atoms with van der Waals surface area (Å²) in [6, 6.07) is 0. The van der Waals surface area contributed by atoms with Gasteiger partial charge in [-0.05, 0) is 6.42 Å². The minimum atomic E-state index is -2.92. The van der Waals surface area contributed by atoms with E-state index in [0.29, 0.717) is 6.54 Å². The molecule has 4 N–H and O–H groups in total. The third kappa shape index (κ3) is 3.92. The molecule has 130 valence electrons. The zero-order valence-electron chi connectivity index (χ0n) is 13.0. The van der Waals surface area contributed by atoms with E-state index in [9.17, 15) is 29.7 Å². The number of hydrogen-bond donors (Lipinski definition) is 4. The highest BCUT2D eigenvalue weighted by Crippen LogP contribution is 2.33. The number of carboxylic acids is 3. The van der Waals surface area contributed by atoms with Crippen LogP contribution >= 0.6 is 0 Å². The molecular weight excluding hydrogens is 308 g/mol. The Bertz CT molecular complexity index is 507. The van der Waals surface area contributed by atoms with Crippen LogP contribution in [0.5, 0.6) is 0 Å². The fourth-order valence-electron chi connectivity index (χ4n) is 2.70. The van der Waals surface area contributed by atoms with Crippen molar-refractivity contribution >= 4 is 17.9 Å². The van der Waals surface area contributed by atoms with Crippen molar-refractivity contribution in [2.45, 2.75) is 38.0 Å². The molecule has 9 heteroatoms. The predicted molar refractivity (Wildman–Crippen MR) is 78.3 cm³/mol. The SMILES string of the molecule is CCCCN1C=CN(C)C1C(C(=O)O)C(O)(CC(=O)O)C(=O)O. The van der Waals surface area contributed by atoms with Gasteiger partial charge in [-0.1, -0.05) is 13.3 Å². The summed E-state index contributed by atoms with van der Waals surface area (Å²) in [7, 11) is 1.55. The highest BCUT2D eigenvalue weighted by Gasteiger charge is 2.56. The van der Waals surface area contributed by atoms with E-state index >= 15 is 0 Å². The standard InChI is InChI=1S/C14H22N2O7/c1-3-4-5-16-7-6-15(2)11(16)10(12(19)20)14(23,13(21)22)8-9(17)18/h6-7,10-11,23H,3-5,8H2,1-2H3,(H,17,18)(H,19,20)(H,21,22). The highest BCUT2D eigenvalue weighted by molar-refractivity contribution is 5.90. The molecule has 0 saturated heterocycles. The number of aliphatic hydroxyl groups is 1. The minimum absolute atomic E-state index is 0.467. The number of carbonyl (C=O) groups is 3. The molecule has 0 saturated carbocycles. The first-order valence-corrected chi connectivity index (χ1v) is 7.21. The summed E-state index contributed by atoms with van der Waals surface area (Å²) in [6.07, 6.45) is 2.58. The van der Waals surface area contributed by atoms with Crippen LogP contribution in [0, 0.1) is 5.92 Å². The van der Waals surface area contributed by atoms with E-state index in [4.69, 9.17) is 5.11 Å². The molecule has 1 aliphatic rings. The lowest BCUT2D eigenvalue weighted by Crippen LogP contribution is -2.60. The predicted octanol–water partition coefficient (Wildman–Crippen LogP) is -0.178. The van der Waals surface area contributed by atoms with Crippen molar-refractivity contribution in [3.63, 3.8) is 0 Å². The van der Waals surface area contributed by atoms with E-state index < -0.39 is 42.0 Å². The zero-order chi connectivity index (χ0) is 17.8. The van der Waals surface area contributed by atoms with E-state index in [1.165, 1.54) is 4.90 Å². The Labute approximate surface area is 133 Å². The third-order valence-electron chi connectivity index (χ3n) is 3.89. The molecule has 0 spiro atoms. The van der Waals surface area contributed by atoms with E-state index in [-0.39, 0.29) is 0 Å². The molecule has 1 heterocycles. The van der Waals surface area contributed by atoms with Gasteiger partial charge in [-0.3, -0.25) is 9.59 Å². The number of unbranched alkanes of at least 4 members (excludes halogenated alkanes) is 1. The molecule has 3 unspecified atom stereocenters. The second kappa shape index (κ2) is 7.32. The van der Waals surface area contributed by atoms with Crippen molar-refractivity contribution in [3.05, 3.63) is 12.4 Å². The van der Waals surface area contributed by atoms with Gasteiger partial charge in [-0.2, -0.15) is 0 Å². The Balaban J connectivity index is 3.24. The largest absolute Gasteiger partial charge is 0.481 e. The van der Waals surface area contributed by atoms with Crippen molar-refractivity contribution in [2.24, 2.45) is 5.92 Å². The van der Waals surface area contributed by atoms with Crippen LogP contribution in [0.4, 0.5) is 0 Å². The molecule has 0 aliphatic carbocycles. The lowest BCUT2D eigenvalue weighted by atomic mass is 9.81. The van der Waals surface area contributed by atoms with Gasteiger partial charge >= 0.3 is 17.9 Å². The highest BCUT2D eigenvalue weighted by atomic mass is 16.4. The number of aliphatic carboxylic acids is 3. The second-order valence-electron chi connectivity index (χ2n) is 5.58. The summed E-state index contributed by atoms with van der Waals surface area (Å²) >= 11 is 0. The van der Waals surface area contributed by atoms with Crippen LogP contribution in [0.25, 0.3) is 0 Å². The van der Waals surface area contributed by atoms with Crippen molar-refractivity contribution in [1.82, 2.24) is 9.80 Å². The van der Waals surface area contributed by atoms with Crippen molar-refractivity contribution in [1.29, 1.82) is 0 Å². The van der Waals surface area contributed by atoms with Gasteiger partial charge in [0, 0.05) is 26.0 Å². The van der Waals surface area contributed by atoms with Gasteiger partial charge in [-0.25, -0.2) is 4.79 Å². The van der Waals surface area contributed by atoms with Gasteiger partial charge in [0.2, 0.25) is 0 Å². The van der Waals surface area contributed by atoms with Crippen LogP contribution in [0.15, 0.2) is 12.4 Å². The first-order valence-electron chi connectivity index (χ1n) is 7.21. The van der Waals surface area contributed by atoms with Gasteiger partial charge < -0.3 is 30.2 Å². The summed E-state index contributed by atoms with van der Waals surface area (Å²) in [5.74, 6) is -6.87. The van der Waals surface area contributed by atoms with Crippen LogP contribution < -0.4 is 0 Å². The van der Waals surface area contributed by atoms with Crippen molar-refractivity contribution in [2.75, 3.05) is 13.6 Å². The van der Waals surface area contributed by atoms with Gasteiger partial charge in [0.1, 0.15) is 12.1 Å². The average Bonchev–Trinajstić information content (AvgIpc) is 2.77. The molecule has 0 amide bonds. The zero-order valence-corrected chi connectivity index (χ0v) is 13.0. The van der Waals surface area contributed by atoms with E-state index in [1.54, 1.807) is 24.3 Å². The van der Waals surface area contributed by atoms with Crippen LogP contribution in [-0.2, 0) is 14.4 Å². The Morgan fingerprint density at radius 2 is 1.83 bits per heavy atom. The first kappa shape index (κ1) is 18.8. The maximum Gasteiger partial charge on any atom is 0.337 e. The average molecular weight is 330 g/mol. The summed E-state index contributed by atoms with van der Waals surface area (Å²) in [5.41, 5.74) is -2.92. The molecule has 1 rings (SSSR count). The summed E-state index contributed by atoms with van der Waals surface area (Å²) < 4.78 is 0. The second-order valence-corrected chi connectivity index (χ2v) is 5.58. The Kier molecular flexibility index (Phi) is 5.97. The van der Waals surface area contributed by atoms with Crippen LogP contribution in [-0.4, -0.2) is 73.5 Å². The number of carboxylic acid groups (broad SMARTS) is 3. The molecule has 0 bridgehead atoms.